The molecule has 0 saturated heterocycles. The Morgan fingerprint density at radius 3 is 2.35 bits per heavy atom. The quantitative estimate of drug-likeness (QED) is 0.790. The summed E-state index contributed by atoms with van der Waals surface area (Å²) in [6, 6.07) is 13.7. The van der Waals surface area contributed by atoms with Crippen LogP contribution in [0.25, 0.3) is 0 Å². The minimum Gasteiger partial charge on any atom is -0.311 e. The summed E-state index contributed by atoms with van der Waals surface area (Å²) < 4.78 is 1.71. The van der Waals surface area contributed by atoms with Gasteiger partial charge in [0, 0.05) is 12.3 Å². The maximum absolute atomic E-state index is 11.6. The number of hydrogen-bond donors (Lipinski definition) is 0. The average Bonchev–Trinajstić information content (AvgIpc) is 2.33. The number of rotatable bonds is 3. The highest BCUT2D eigenvalue weighted by molar-refractivity contribution is 5.24. The van der Waals surface area contributed by atoms with E-state index in [1.54, 1.807) is 16.7 Å². The Kier molecular flexibility index (Phi) is 3.43. The van der Waals surface area contributed by atoms with E-state index in [9.17, 15) is 4.79 Å². The maximum atomic E-state index is 11.6. The van der Waals surface area contributed by atoms with Crippen molar-refractivity contribution in [2.24, 2.45) is 0 Å². The highest BCUT2D eigenvalue weighted by atomic mass is 16.1. The topological polar surface area (TPSA) is 22.0 Å². The fourth-order valence-electron chi connectivity index (χ4n) is 1.80. The number of aromatic nitrogens is 1. The second-order valence-electron chi connectivity index (χ2n) is 4.56. The number of pyridine rings is 1. The van der Waals surface area contributed by atoms with Gasteiger partial charge >= 0.3 is 0 Å². The van der Waals surface area contributed by atoms with E-state index in [-0.39, 0.29) is 5.56 Å². The van der Waals surface area contributed by atoms with E-state index in [2.05, 4.69) is 38.1 Å². The third-order valence-corrected chi connectivity index (χ3v) is 2.90. The lowest BCUT2D eigenvalue weighted by Gasteiger charge is -2.08. The van der Waals surface area contributed by atoms with Gasteiger partial charge in [-0.05, 0) is 23.1 Å². The second kappa shape index (κ2) is 5.00. The molecule has 0 aliphatic heterocycles. The third-order valence-electron chi connectivity index (χ3n) is 2.90. The largest absolute Gasteiger partial charge is 0.311 e. The molecule has 0 spiro atoms. The first kappa shape index (κ1) is 11.6. The minimum atomic E-state index is 0.0421. The summed E-state index contributed by atoms with van der Waals surface area (Å²) in [7, 11) is 0. The van der Waals surface area contributed by atoms with Gasteiger partial charge in [-0.25, -0.2) is 0 Å². The molecule has 17 heavy (non-hydrogen) atoms. The summed E-state index contributed by atoms with van der Waals surface area (Å²) in [4.78, 5) is 11.6. The lowest BCUT2D eigenvalue weighted by atomic mass is 10.0. The zero-order valence-electron chi connectivity index (χ0n) is 10.3. The number of nitrogens with zero attached hydrogens (tertiary/aromatic N) is 1. The van der Waals surface area contributed by atoms with Crippen molar-refractivity contribution < 1.29 is 0 Å². The number of benzene rings is 1. The van der Waals surface area contributed by atoms with Crippen molar-refractivity contribution in [3.05, 3.63) is 70.1 Å². The molecule has 2 rings (SSSR count). The summed E-state index contributed by atoms with van der Waals surface area (Å²) in [5.74, 6) is 0.545. The van der Waals surface area contributed by atoms with Gasteiger partial charge < -0.3 is 4.57 Å². The molecule has 88 valence electrons. The molecule has 0 unspecified atom stereocenters. The highest BCUT2D eigenvalue weighted by Gasteiger charge is 2.00. The van der Waals surface area contributed by atoms with Crippen LogP contribution in [0.1, 0.15) is 30.9 Å². The Hall–Kier alpha value is -1.83. The lowest BCUT2D eigenvalue weighted by Crippen LogP contribution is -2.18. The minimum absolute atomic E-state index is 0.0421. The Labute approximate surface area is 102 Å². The molecule has 0 aliphatic carbocycles. The van der Waals surface area contributed by atoms with Gasteiger partial charge in [-0.1, -0.05) is 44.2 Å². The molecular formula is C15H17NO. The van der Waals surface area contributed by atoms with Crippen LogP contribution in [0, 0.1) is 0 Å². The van der Waals surface area contributed by atoms with Gasteiger partial charge in [-0.3, -0.25) is 4.79 Å². The molecule has 1 heterocycles. The van der Waals surface area contributed by atoms with E-state index >= 15 is 0 Å². The zero-order valence-corrected chi connectivity index (χ0v) is 10.3. The van der Waals surface area contributed by atoms with E-state index in [0.29, 0.717) is 12.5 Å². The molecule has 2 heteroatoms. The van der Waals surface area contributed by atoms with Gasteiger partial charge in [0.2, 0.25) is 0 Å². The van der Waals surface area contributed by atoms with Crippen molar-refractivity contribution in [3.8, 4) is 0 Å². The molecule has 0 bridgehead atoms. The van der Waals surface area contributed by atoms with Crippen molar-refractivity contribution >= 4 is 0 Å². The molecule has 0 radical (unpaired) electrons. The molecule has 2 nitrogen and oxygen atoms in total. The van der Waals surface area contributed by atoms with Crippen LogP contribution in [0.4, 0.5) is 0 Å². The second-order valence-corrected chi connectivity index (χ2v) is 4.56. The molecule has 1 aromatic heterocycles. The van der Waals surface area contributed by atoms with Crippen LogP contribution in [0.15, 0.2) is 53.5 Å². The standard InChI is InChI=1S/C15H17NO/c1-12(2)14-8-6-13(7-9-14)11-16-10-4-3-5-15(16)17/h3-10,12H,11H2,1-2H3. The van der Waals surface area contributed by atoms with Gasteiger partial charge in [-0.15, -0.1) is 0 Å². The Balaban J connectivity index is 2.20. The van der Waals surface area contributed by atoms with Crippen LogP contribution in [-0.2, 0) is 6.54 Å². The summed E-state index contributed by atoms with van der Waals surface area (Å²) in [5, 5.41) is 0. The molecule has 0 aliphatic rings. The van der Waals surface area contributed by atoms with Gasteiger partial charge in [0.25, 0.3) is 5.56 Å². The van der Waals surface area contributed by atoms with Gasteiger partial charge in [-0.2, -0.15) is 0 Å². The molecular weight excluding hydrogens is 210 g/mol. The van der Waals surface area contributed by atoms with E-state index in [0.717, 1.165) is 5.56 Å². The van der Waals surface area contributed by atoms with Crippen molar-refractivity contribution in [1.29, 1.82) is 0 Å². The van der Waals surface area contributed by atoms with Crippen LogP contribution in [0.5, 0.6) is 0 Å². The van der Waals surface area contributed by atoms with Crippen LogP contribution in [0.3, 0.4) is 0 Å². The molecule has 0 amide bonds. The van der Waals surface area contributed by atoms with E-state index in [4.69, 9.17) is 0 Å². The van der Waals surface area contributed by atoms with Crippen molar-refractivity contribution in [3.63, 3.8) is 0 Å². The molecule has 2 aromatic rings. The lowest BCUT2D eigenvalue weighted by molar-refractivity contribution is 0.758. The summed E-state index contributed by atoms with van der Waals surface area (Å²) in [5.41, 5.74) is 2.53. The van der Waals surface area contributed by atoms with Crippen molar-refractivity contribution in [1.82, 2.24) is 4.57 Å². The monoisotopic (exact) mass is 227 g/mol. The smallest absolute Gasteiger partial charge is 0.250 e. The van der Waals surface area contributed by atoms with Crippen LogP contribution < -0.4 is 5.56 Å². The zero-order chi connectivity index (χ0) is 12.3. The van der Waals surface area contributed by atoms with E-state index < -0.39 is 0 Å². The summed E-state index contributed by atoms with van der Waals surface area (Å²) in [6.45, 7) is 4.99. The third kappa shape index (κ3) is 2.84. The average molecular weight is 227 g/mol. The first-order valence-electron chi connectivity index (χ1n) is 5.91. The fraction of sp³-hybridized carbons (Fsp3) is 0.267. The molecule has 0 fully saturated rings. The molecule has 0 N–H and O–H groups in total. The summed E-state index contributed by atoms with van der Waals surface area (Å²) >= 11 is 0. The van der Waals surface area contributed by atoms with Crippen molar-refractivity contribution in [2.45, 2.75) is 26.3 Å². The number of hydrogen-bond acceptors (Lipinski definition) is 1. The first-order valence-corrected chi connectivity index (χ1v) is 5.91. The Morgan fingerprint density at radius 2 is 1.76 bits per heavy atom. The molecule has 0 atom stereocenters. The predicted molar refractivity (Wildman–Crippen MR) is 70.3 cm³/mol. The first-order chi connectivity index (χ1) is 8.16. The maximum Gasteiger partial charge on any atom is 0.250 e. The molecule has 0 saturated carbocycles. The van der Waals surface area contributed by atoms with Crippen molar-refractivity contribution in [2.75, 3.05) is 0 Å². The highest BCUT2D eigenvalue weighted by Crippen LogP contribution is 2.14. The van der Waals surface area contributed by atoms with Crippen LogP contribution in [0.2, 0.25) is 0 Å². The van der Waals surface area contributed by atoms with Crippen LogP contribution in [-0.4, -0.2) is 4.57 Å². The van der Waals surface area contributed by atoms with E-state index in [1.165, 1.54) is 5.56 Å². The van der Waals surface area contributed by atoms with Gasteiger partial charge in [0.1, 0.15) is 0 Å². The Bertz CT molecular complexity index is 537. The normalized spacial score (nSPS) is 10.8. The predicted octanol–water partition coefficient (Wildman–Crippen LogP) is 3.02. The van der Waals surface area contributed by atoms with Crippen LogP contribution >= 0.6 is 0 Å². The molecule has 1 aromatic carbocycles. The summed E-state index contributed by atoms with van der Waals surface area (Å²) in [6.07, 6.45) is 1.82. The van der Waals surface area contributed by atoms with E-state index in [1.807, 2.05) is 12.3 Å². The SMILES string of the molecule is CC(C)c1ccc(Cn2ccccc2=O)cc1. The fourth-order valence-corrected chi connectivity index (χ4v) is 1.80. The van der Waals surface area contributed by atoms with Gasteiger partial charge in [0.05, 0.1) is 6.54 Å². The van der Waals surface area contributed by atoms with Gasteiger partial charge in [0.15, 0.2) is 0 Å². The Morgan fingerprint density at radius 1 is 1.06 bits per heavy atom.